The lowest BCUT2D eigenvalue weighted by Crippen LogP contribution is -2.55. The Morgan fingerprint density at radius 1 is 1.24 bits per heavy atom. The predicted molar refractivity (Wildman–Crippen MR) is 77.5 cm³/mol. The predicted octanol–water partition coefficient (Wildman–Crippen LogP) is 2.56. The van der Waals surface area contributed by atoms with Gasteiger partial charge in [-0.2, -0.15) is 0 Å². The maximum atomic E-state index is 6.09. The summed E-state index contributed by atoms with van der Waals surface area (Å²) >= 11 is 3.45. The summed E-state index contributed by atoms with van der Waals surface area (Å²) in [5, 5.41) is 0. The number of rotatable bonds is 1. The molecule has 2 N–H and O–H groups in total. The van der Waals surface area contributed by atoms with Gasteiger partial charge in [-0.3, -0.25) is 4.90 Å². The van der Waals surface area contributed by atoms with Gasteiger partial charge in [0.25, 0.3) is 0 Å². The van der Waals surface area contributed by atoms with Crippen molar-refractivity contribution in [1.82, 2.24) is 4.90 Å². The molecule has 0 bridgehead atoms. The molecule has 3 nitrogen and oxygen atoms in total. The molecule has 0 radical (unpaired) electrons. The van der Waals surface area contributed by atoms with E-state index in [0.29, 0.717) is 12.1 Å². The van der Waals surface area contributed by atoms with Crippen LogP contribution in [0.1, 0.15) is 13.8 Å². The van der Waals surface area contributed by atoms with Crippen LogP contribution in [0, 0.1) is 0 Å². The Balaban J connectivity index is 2.23. The normalized spacial score (nSPS) is 26.2. The molecule has 1 aromatic carbocycles. The van der Waals surface area contributed by atoms with Crippen LogP contribution < -0.4 is 10.6 Å². The Kier molecular flexibility index (Phi) is 3.64. The van der Waals surface area contributed by atoms with E-state index in [-0.39, 0.29) is 0 Å². The number of halogens is 1. The summed E-state index contributed by atoms with van der Waals surface area (Å²) in [7, 11) is 2.19. The highest BCUT2D eigenvalue weighted by Crippen LogP contribution is 2.29. The third-order valence-corrected chi connectivity index (χ3v) is 4.18. The van der Waals surface area contributed by atoms with Crippen LogP contribution in [0.4, 0.5) is 11.4 Å². The van der Waals surface area contributed by atoms with E-state index in [1.54, 1.807) is 0 Å². The van der Waals surface area contributed by atoms with Gasteiger partial charge in [-0.15, -0.1) is 0 Å². The molecule has 0 saturated carbocycles. The Labute approximate surface area is 112 Å². The number of anilines is 2. The Morgan fingerprint density at radius 2 is 1.82 bits per heavy atom. The smallest absolute Gasteiger partial charge is 0.0601 e. The summed E-state index contributed by atoms with van der Waals surface area (Å²) in [4.78, 5) is 4.81. The molecule has 1 aliphatic rings. The molecule has 2 atom stereocenters. The first-order valence-electron chi connectivity index (χ1n) is 6.01. The van der Waals surface area contributed by atoms with Gasteiger partial charge in [-0.25, -0.2) is 0 Å². The van der Waals surface area contributed by atoms with Crippen LogP contribution in [-0.4, -0.2) is 37.1 Å². The zero-order valence-electron chi connectivity index (χ0n) is 10.7. The molecule has 17 heavy (non-hydrogen) atoms. The molecule has 1 aromatic rings. The molecule has 0 spiro atoms. The second-order valence-corrected chi connectivity index (χ2v) is 5.89. The van der Waals surface area contributed by atoms with Gasteiger partial charge in [0.05, 0.1) is 11.4 Å². The SMILES string of the molecule is CC1CN(c2ccc(Br)cc2N)CC(C)N1C. The number of nitrogen functional groups attached to an aromatic ring is 1. The van der Waals surface area contributed by atoms with Crippen molar-refractivity contribution in [3.63, 3.8) is 0 Å². The van der Waals surface area contributed by atoms with Crippen molar-refractivity contribution in [2.75, 3.05) is 30.8 Å². The lowest BCUT2D eigenvalue weighted by Gasteiger charge is -2.43. The summed E-state index contributed by atoms with van der Waals surface area (Å²) in [5.41, 5.74) is 8.10. The maximum absolute atomic E-state index is 6.09. The summed E-state index contributed by atoms with van der Waals surface area (Å²) in [6, 6.07) is 7.25. The minimum atomic E-state index is 0.557. The van der Waals surface area contributed by atoms with E-state index in [2.05, 4.69) is 58.8 Å². The molecule has 1 aliphatic heterocycles. The van der Waals surface area contributed by atoms with E-state index in [4.69, 9.17) is 5.73 Å². The van der Waals surface area contributed by atoms with Crippen molar-refractivity contribution in [2.45, 2.75) is 25.9 Å². The Morgan fingerprint density at radius 3 is 2.35 bits per heavy atom. The van der Waals surface area contributed by atoms with Crippen LogP contribution in [0.15, 0.2) is 22.7 Å². The third-order valence-electron chi connectivity index (χ3n) is 3.69. The molecule has 2 unspecified atom stereocenters. The standard InChI is InChI=1S/C13H20BrN3/c1-9-7-17(8-10(2)16(9)3)13-5-4-11(14)6-12(13)15/h4-6,9-10H,7-8,15H2,1-3H3. The third kappa shape index (κ3) is 2.58. The average molecular weight is 298 g/mol. The molecule has 2 rings (SSSR count). The van der Waals surface area contributed by atoms with Crippen LogP contribution in [-0.2, 0) is 0 Å². The van der Waals surface area contributed by atoms with Gasteiger partial charge < -0.3 is 10.6 Å². The lowest BCUT2D eigenvalue weighted by molar-refractivity contribution is 0.170. The molecule has 0 aliphatic carbocycles. The number of nitrogens with two attached hydrogens (primary N) is 1. The number of hydrogen-bond donors (Lipinski definition) is 1. The van der Waals surface area contributed by atoms with Gasteiger partial charge in [-0.05, 0) is 39.1 Å². The van der Waals surface area contributed by atoms with Crippen molar-refractivity contribution in [2.24, 2.45) is 0 Å². The average Bonchev–Trinajstić information content (AvgIpc) is 2.25. The van der Waals surface area contributed by atoms with Crippen LogP contribution in [0.3, 0.4) is 0 Å². The van der Waals surface area contributed by atoms with Crippen LogP contribution >= 0.6 is 15.9 Å². The Bertz CT molecular complexity index is 396. The number of piperazine rings is 1. The molecule has 0 amide bonds. The van der Waals surface area contributed by atoms with Crippen molar-refractivity contribution >= 4 is 27.3 Å². The fourth-order valence-corrected chi connectivity index (χ4v) is 2.79. The first-order valence-corrected chi connectivity index (χ1v) is 6.80. The van der Waals surface area contributed by atoms with Crippen LogP contribution in [0.5, 0.6) is 0 Å². The first-order chi connectivity index (χ1) is 7.99. The number of nitrogens with zero attached hydrogens (tertiary/aromatic N) is 2. The topological polar surface area (TPSA) is 32.5 Å². The molecular weight excluding hydrogens is 278 g/mol. The van der Waals surface area contributed by atoms with Crippen molar-refractivity contribution < 1.29 is 0 Å². The van der Waals surface area contributed by atoms with E-state index in [0.717, 1.165) is 28.9 Å². The summed E-state index contributed by atoms with van der Waals surface area (Å²) < 4.78 is 1.04. The number of likely N-dealkylation sites (N-methyl/N-ethyl adjacent to an activating group) is 1. The van der Waals surface area contributed by atoms with Gasteiger partial charge in [0, 0.05) is 29.6 Å². The molecule has 1 saturated heterocycles. The first kappa shape index (κ1) is 12.7. The largest absolute Gasteiger partial charge is 0.397 e. The highest BCUT2D eigenvalue weighted by atomic mass is 79.9. The number of hydrogen-bond acceptors (Lipinski definition) is 3. The van der Waals surface area contributed by atoms with Crippen LogP contribution in [0.2, 0.25) is 0 Å². The minimum Gasteiger partial charge on any atom is -0.397 e. The van der Waals surface area contributed by atoms with Gasteiger partial charge in [0.1, 0.15) is 0 Å². The Hall–Kier alpha value is -0.740. The van der Waals surface area contributed by atoms with Crippen LogP contribution in [0.25, 0.3) is 0 Å². The summed E-state index contributed by atoms with van der Waals surface area (Å²) in [6.07, 6.45) is 0. The van der Waals surface area contributed by atoms with E-state index in [9.17, 15) is 0 Å². The second kappa shape index (κ2) is 4.86. The van der Waals surface area contributed by atoms with E-state index in [1.807, 2.05) is 6.07 Å². The summed E-state index contributed by atoms with van der Waals surface area (Å²) in [5.74, 6) is 0. The van der Waals surface area contributed by atoms with Gasteiger partial charge in [0.15, 0.2) is 0 Å². The molecule has 0 aromatic heterocycles. The van der Waals surface area contributed by atoms with Gasteiger partial charge in [-0.1, -0.05) is 15.9 Å². The second-order valence-electron chi connectivity index (χ2n) is 4.97. The number of benzene rings is 1. The minimum absolute atomic E-state index is 0.557. The van der Waals surface area contributed by atoms with Gasteiger partial charge >= 0.3 is 0 Å². The molecule has 1 heterocycles. The molecule has 94 valence electrons. The monoisotopic (exact) mass is 297 g/mol. The molecule has 4 heteroatoms. The van der Waals surface area contributed by atoms with E-state index >= 15 is 0 Å². The van der Waals surface area contributed by atoms with Crippen molar-refractivity contribution in [3.05, 3.63) is 22.7 Å². The fourth-order valence-electron chi connectivity index (χ4n) is 2.41. The fraction of sp³-hybridized carbons (Fsp3) is 0.538. The zero-order valence-corrected chi connectivity index (χ0v) is 12.2. The summed E-state index contributed by atoms with van der Waals surface area (Å²) in [6.45, 7) is 6.59. The molecule has 1 fully saturated rings. The lowest BCUT2D eigenvalue weighted by atomic mass is 10.1. The van der Waals surface area contributed by atoms with Gasteiger partial charge in [0.2, 0.25) is 0 Å². The van der Waals surface area contributed by atoms with Crippen molar-refractivity contribution in [1.29, 1.82) is 0 Å². The highest BCUT2D eigenvalue weighted by Gasteiger charge is 2.27. The maximum Gasteiger partial charge on any atom is 0.0601 e. The highest BCUT2D eigenvalue weighted by molar-refractivity contribution is 9.10. The van der Waals surface area contributed by atoms with E-state index < -0.39 is 0 Å². The van der Waals surface area contributed by atoms with E-state index in [1.165, 1.54) is 0 Å². The zero-order chi connectivity index (χ0) is 12.6. The van der Waals surface area contributed by atoms with Crippen molar-refractivity contribution in [3.8, 4) is 0 Å². The quantitative estimate of drug-likeness (QED) is 0.809. The molecular formula is C13H20BrN3.